The first-order valence-corrected chi connectivity index (χ1v) is 15.5. The van der Waals surface area contributed by atoms with Crippen LogP contribution < -0.4 is 9.62 Å². The summed E-state index contributed by atoms with van der Waals surface area (Å²) in [5.74, 6) is -0.732. The van der Waals surface area contributed by atoms with Crippen LogP contribution in [0.15, 0.2) is 83.8 Å². The summed E-state index contributed by atoms with van der Waals surface area (Å²) in [4.78, 5) is 28.9. The van der Waals surface area contributed by atoms with Gasteiger partial charge in [0.05, 0.1) is 10.6 Å². The fourth-order valence-corrected chi connectivity index (χ4v) is 6.52. The molecule has 9 heteroatoms. The van der Waals surface area contributed by atoms with Crippen LogP contribution in [0.2, 0.25) is 5.02 Å². The van der Waals surface area contributed by atoms with Gasteiger partial charge in [-0.3, -0.25) is 13.9 Å². The summed E-state index contributed by atoms with van der Waals surface area (Å²) in [5, 5.41) is 3.67. The summed E-state index contributed by atoms with van der Waals surface area (Å²) < 4.78 is 28.8. The normalized spacial score (nSPS) is 14.8. The topological polar surface area (TPSA) is 86.8 Å². The van der Waals surface area contributed by atoms with Crippen molar-refractivity contribution in [3.8, 4) is 0 Å². The zero-order valence-electron chi connectivity index (χ0n) is 22.9. The highest BCUT2D eigenvalue weighted by atomic mass is 35.5. The van der Waals surface area contributed by atoms with E-state index in [2.05, 4.69) is 5.32 Å². The van der Waals surface area contributed by atoms with Gasteiger partial charge in [-0.2, -0.15) is 0 Å². The predicted octanol–water partition coefficient (Wildman–Crippen LogP) is 5.71. The molecule has 0 heterocycles. The number of anilines is 1. The number of carbonyl (C=O) groups excluding carboxylic acids is 2. The third-order valence-corrected chi connectivity index (χ3v) is 9.32. The Bertz CT molecular complexity index is 1410. The second-order valence-corrected chi connectivity index (χ2v) is 12.6. The van der Waals surface area contributed by atoms with Crippen molar-refractivity contribution in [3.63, 3.8) is 0 Å². The Labute approximate surface area is 242 Å². The number of halogens is 1. The van der Waals surface area contributed by atoms with Crippen LogP contribution in [0.4, 0.5) is 5.69 Å². The van der Waals surface area contributed by atoms with Crippen molar-refractivity contribution in [2.75, 3.05) is 10.8 Å². The Morgan fingerprint density at radius 2 is 1.62 bits per heavy atom. The molecule has 1 N–H and O–H groups in total. The average molecular weight is 582 g/mol. The number of hydrogen-bond donors (Lipinski definition) is 1. The van der Waals surface area contributed by atoms with Crippen LogP contribution in [0.25, 0.3) is 0 Å². The zero-order chi connectivity index (χ0) is 28.7. The Morgan fingerprint density at radius 1 is 0.950 bits per heavy atom. The molecule has 0 saturated heterocycles. The molecule has 0 unspecified atom stereocenters. The molecule has 212 valence electrons. The molecule has 40 heavy (non-hydrogen) atoms. The van der Waals surface area contributed by atoms with Crippen LogP contribution in [0.1, 0.15) is 50.2 Å². The van der Waals surface area contributed by atoms with Gasteiger partial charge in [-0.25, -0.2) is 8.42 Å². The lowest BCUT2D eigenvalue weighted by Crippen LogP contribution is -2.53. The number of carbonyl (C=O) groups is 2. The average Bonchev–Trinajstić information content (AvgIpc) is 2.96. The van der Waals surface area contributed by atoms with Gasteiger partial charge in [-0.05, 0) is 74.2 Å². The minimum Gasteiger partial charge on any atom is -0.352 e. The van der Waals surface area contributed by atoms with Crippen molar-refractivity contribution >= 4 is 39.1 Å². The van der Waals surface area contributed by atoms with Gasteiger partial charge in [-0.15, -0.1) is 0 Å². The maximum absolute atomic E-state index is 14.0. The quantitative estimate of drug-likeness (QED) is 0.332. The molecule has 0 spiro atoms. The molecule has 0 aromatic heterocycles. The van der Waals surface area contributed by atoms with Gasteiger partial charge >= 0.3 is 0 Å². The maximum atomic E-state index is 14.0. The molecule has 1 saturated carbocycles. The lowest BCUT2D eigenvalue weighted by molar-refractivity contribution is -0.139. The molecular weight excluding hydrogens is 546 g/mol. The van der Waals surface area contributed by atoms with Crippen molar-refractivity contribution in [3.05, 3.63) is 95.0 Å². The second-order valence-electron chi connectivity index (χ2n) is 10.3. The number of aryl methyl sites for hydroxylation is 1. The monoisotopic (exact) mass is 581 g/mol. The number of benzene rings is 3. The van der Waals surface area contributed by atoms with E-state index in [0.29, 0.717) is 10.7 Å². The van der Waals surface area contributed by atoms with Gasteiger partial charge in [0.25, 0.3) is 10.0 Å². The van der Waals surface area contributed by atoms with Crippen molar-refractivity contribution < 1.29 is 18.0 Å². The standard InChI is InChI=1S/C31H36ClN3O4S/c1-23-10-9-13-28(20-23)35(40(38,39)29-14-7-4-8-15-29)22-30(36)34(21-25-16-18-26(32)19-17-25)24(2)31(37)33-27-11-5-3-6-12-27/h4,7-10,13-20,24,27H,3,5-6,11-12,21-22H2,1-2H3,(H,33,37)/t24-/m1/s1. The highest BCUT2D eigenvalue weighted by Crippen LogP contribution is 2.26. The number of rotatable bonds is 10. The van der Waals surface area contributed by atoms with Gasteiger partial charge in [-0.1, -0.05) is 73.3 Å². The van der Waals surface area contributed by atoms with Gasteiger partial charge < -0.3 is 10.2 Å². The molecule has 3 aromatic carbocycles. The number of hydrogen-bond acceptors (Lipinski definition) is 4. The first kappa shape index (κ1) is 29.6. The largest absolute Gasteiger partial charge is 0.352 e. The van der Waals surface area contributed by atoms with E-state index in [1.54, 1.807) is 67.6 Å². The summed E-state index contributed by atoms with van der Waals surface area (Å²) in [7, 11) is -4.08. The first-order valence-electron chi connectivity index (χ1n) is 13.6. The van der Waals surface area contributed by atoms with Crippen LogP contribution in [-0.2, 0) is 26.2 Å². The predicted molar refractivity (Wildman–Crippen MR) is 159 cm³/mol. The molecular formula is C31H36ClN3O4S. The van der Waals surface area contributed by atoms with E-state index in [9.17, 15) is 18.0 Å². The van der Waals surface area contributed by atoms with E-state index in [0.717, 1.165) is 47.5 Å². The van der Waals surface area contributed by atoms with Crippen LogP contribution in [0.3, 0.4) is 0 Å². The highest BCUT2D eigenvalue weighted by Gasteiger charge is 2.33. The first-order chi connectivity index (χ1) is 19.1. The third kappa shape index (κ3) is 7.43. The van der Waals surface area contributed by atoms with Gasteiger partial charge in [0.2, 0.25) is 11.8 Å². The maximum Gasteiger partial charge on any atom is 0.264 e. The molecule has 0 bridgehead atoms. The van der Waals surface area contributed by atoms with Crippen LogP contribution in [0, 0.1) is 6.92 Å². The number of amides is 2. The van der Waals surface area contributed by atoms with Crippen LogP contribution in [0.5, 0.6) is 0 Å². The molecule has 2 amide bonds. The van der Waals surface area contributed by atoms with E-state index in [1.807, 2.05) is 13.0 Å². The summed E-state index contributed by atoms with van der Waals surface area (Å²) in [5.41, 5.74) is 2.02. The van der Waals surface area contributed by atoms with E-state index < -0.39 is 28.5 Å². The molecule has 1 aliphatic rings. The van der Waals surface area contributed by atoms with E-state index >= 15 is 0 Å². The molecule has 0 aliphatic heterocycles. The fourth-order valence-electron chi connectivity index (χ4n) is 4.97. The third-order valence-electron chi connectivity index (χ3n) is 7.28. The Hall–Kier alpha value is -3.36. The lowest BCUT2D eigenvalue weighted by atomic mass is 9.95. The van der Waals surface area contributed by atoms with Crippen molar-refractivity contribution in [1.29, 1.82) is 0 Å². The number of nitrogens with one attached hydrogen (secondary N) is 1. The van der Waals surface area contributed by atoms with E-state index in [4.69, 9.17) is 11.6 Å². The molecule has 1 aliphatic carbocycles. The van der Waals surface area contributed by atoms with Gasteiger partial charge in [0, 0.05) is 17.6 Å². The Balaban J connectivity index is 1.66. The van der Waals surface area contributed by atoms with Crippen molar-refractivity contribution in [2.45, 2.75) is 69.5 Å². The summed E-state index contributed by atoms with van der Waals surface area (Å²) in [6, 6.07) is 21.4. The van der Waals surface area contributed by atoms with E-state index in [-0.39, 0.29) is 23.4 Å². The molecule has 0 radical (unpaired) electrons. The molecule has 4 rings (SSSR count). The summed E-state index contributed by atoms with van der Waals surface area (Å²) in [6.45, 7) is 3.22. The van der Waals surface area contributed by atoms with Crippen molar-refractivity contribution in [2.24, 2.45) is 0 Å². The number of sulfonamides is 1. The zero-order valence-corrected chi connectivity index (χ0v) is 24.5. The molecule has 3 aromatic rings. The Morgan fingerprint density at radius 3 is 2.27 bits per heavy atom. The molecule has 1 atom stereocenters. The van der Waals surface area contributed by atoms with Crippen LogP contribution in [-0.4, -0.2) is 43.8 Å². The Kier molecular flexibility index (Phi) is 9.87. The van der Waals surface area contributed by atoms with Gasteiger partial charge in [0.15, 0.2) is 0 Å². The van der Waals surface area contributed by atoms with Gasteiger partial charge in [0.1, 0.15) is 12.6 Å². The van der Waals surface area contributed by atoms with Crippen LogP contribution >= 0.6 is 11.6 Å². The number of nitrogens with zero attached hydrogens (tertiary/aromatic N) is 2. The van der Waals surface area contributed by atoms with E-state index in [1.165, 1.54) is 17.0 Å². The minimum atomic E-state index is -4.08. The second kappa shape index (κ2) is 13.3. The minimum absolute atomic E-state index is 0.0802. The van der Waals surface area contributed by atoms with Crippen molar-refractivity contribution in [1.82, 2.24) is 10.2 Å². The SMILES string of the molecule is Cc1cccc(N(CC(=O)N(Cc2ccc(Cl)cc2)[C@H](C)C(=O)NC2CCCCC2)S(=O)(=O)c2ccccc2)c1. The lowest BCUT2D eigenvalue weighted by Gasteiger charge is -2.33. The molecule has 7 nitrogen and oxygen atoms in total. The molecule has 1 fully saturated rings. The summed E-state index contributed by atoms with van der Waals surface area (Å²) in [6.07, 6.45) is 5.12. The smallest absolute Gasteiger partial charge is 0.264 e. The fraction of sp³-hybridized carbons (Fsp3) is 0.355. The summed E-state index contributed by atoms with van der Waals surface area (Å²) >= 11 is 6.07. The highest BCUT2D eigenvalue weighted by molar-refractivity contribution is 7.92.